The number of nitrogens with one attached hydrogen (secondary N) is 2. The Morgan fingerprint density at radius 1 is 0.794 bits per heavy atom. The topological polar surface area (TPSA) is 128 Å². The summed E-state index contributed by atoms with van der Waals surface area (Å²) in [5, 5.41) is 37.0. The summed E-state index contributed by atoms with van der Waals surface area (Å²) in [6, 6.07) is 14.7. The fourth-order valence-corrected chi connectivity index (χ4v) is 6.04. The van der Waals surface area contributed by atoms with E-state index in [-0.39, 0.29) is 0 Å². The molecule has 34 heavy (non-hydrogen) atoms. The first kappa shape index (κ1) is 19.7. The highest BCUT2D eigenvalue weighted by molar-refractivity contribution is 6.39. The van der Waals surface area contributed by atoms with Crippen LogP contribution in [0.4, 0.5) is 0 Å². The number of aromatic amines is 1. The van der Waals surface area contributed by atoms with E-state index in [0.717, 1.165) is 21.8 Å². The second-order valence-electron chi connectivity index (χ2n) is 9.26. The smallest absolute Gasteiger partial charge is 0.259 e. The van der Waals surface area contributed by atoms with E-state index in [1.807, 2.05) is 53.1 Å². The standard InChI is InChI=1S/C26H21N3O5/c30-16-10-9-15(23(31)24(16)32)29-14-8-4-2-6-12(14)18-20-19(25(33)28-26(20)34)17-11-5-1-3-7-13(11)27-21(17)22(18)29/h1-8,15-16,23-24,27,30-32H,9-10H2,(H,28,33,34)/t15?,16-,23-,24?/m0/s1. The van der Waals surface area contributed by atoms with E-state index in [2.05, 4.69) is 10.3 Å². The molecule has 5 N–H and O–H groups in total. The van der Waals surface area contributed by atoms with E-state index in [1.165, 1.54) is 0 Å². The highest BCUT2D eigenvalue weighted by atomic mass is 16.4. The number of imide groups is 1. The van der Waals surface area contributed by atoms with Crippen molar-refractivity contribution in [1.82, 2.24) is 14.9 Å². The van der Waals surface area contributed by atoms with Gasteiger partial charge in [0.25, 0.3) is 11.8 Å². The quantitative estimate of drug-likeness (QED) is 0.248. The number of carbonyl (C=O) groups is 2. The number of carbonyl (C=O) groups excluding carboxylic acids is 2. The average Bonchev–Trinajstić information content (AvgIpc) is 3.47. The van der Waals surface area contributed by atoms with E-state index in [4.69, 9.17) is 0 Å². The molecule has 2 amide bonds. The van der Waals surface area contributed by atoms with Crippen LogP contribution in [-0.4, -0.2) is 55.0 Å². The van der Waals surface area contributed by atoms with Crippen molar-refractivity contribution in [3.05, 3.63) is 59.7 Å². The van der Waals surface area contributed by atoms with Gasteiger partial charge in [-0.25, -0.2) is 0 Å². The molecule has 3 aromatic carbocycles. The minimum absolute atomic E-state index is 0.330. The Morgan fingerprint density at radius 3 is 2.26 bits per heavy atom. The van der Waals surface area contributed by atoms with Crippen LogP contribution in [0.5, 0.6) is 0 Å². The van der Waals surface area contributed by atoms with E-state index in [1.54, 1.807) is 0 Å². The normalized spacial score (nSPS) is 25.0. The molecule has 170 valence electrons. The first-order valence-corrected chi connectivity index (χ1v) is 11.4. The van der Waals surface area contributed by atoms with E-state index < -0.39 is 36.2 Å². The number of hydrogen-bond acceptors (Lipinski definition) is 5. The molecule has 0 bridgehead atoms. The molecule has 2 aliphatic rings. The Labute approximate surface area is 192 Å². The molecule has 0 spiro atoms. The number of nitrogens with zero attached hydrogens (tertiary/aromatic N) is 1. The molecule has 4 atom stereocenters. The fourth-order valence-electron chi connectivity index (χ4n) is 6.04. The Bertz CT molecular complexity index is 1700. The molecule has 5 aromatic rings. The Balaban J connectivity index is 1.73. The molecule has 2 aromatic heterocycles. The average molecular weight is 455 g/mol. The first-order valence-electron chi connectivity index (χ1n) is 11.4. The van der Waals surface area contributed by atoms with E-state index in [0.29, 0.717) is 45.8 Å². The van der Waals surface area contributed by atoms with Gasteiger partial charge >= 0.3 is 0 Å². The number of aliphatic hydroxyl groups excluding tert-OH is 3. The van der Waals surface area contributed by atoms with Gasteiger partial charge in [0.2, 0.25) is 0 Å². The van der Waals surface area contributed by atoms with Crippen molar-refractivity contribution in [3.63, 3.8) is 0 Å². The van der Waals surface area contributed by atoms with Crippen molar-refractivity contribution in [2.75, 3.05) is 0 Å². The largest absolute Gasteiger partial charge is 0.390 e. The minimum atomic E-state index is -1.28. The molecule has 0 saturated heterocycles. The van der Waals surface area contributed by atoms with Crippen molar-refractivity contribution < 1.29 is 24.9 Å². The van der Waals surface area contributed by atoms with Crippen LogP contribution in [-0.2, 0) is 0 Å². The number of H-pyrrole nitrogens is 1. The van der Waals surface area contributed by atoms with Crippen molar-refractivity contribution in [2.24, 2.45) is 0 Å². The highest BCUT2D eigenvalue weighted by Crippen LogP contribution is 2.46. The predicted molar refractivity (Wildman–Crippen MR) is 127 cm³/mol. The maximum atomic E-state index is 13.1. The van der Waals surface area contributed by atoms with Gasteiger partial charge in [-0.15, -0.1) is 0 Å². The summed E-state index contributed by atoms with van der Waals surface area (Å²) in [6.07, 6.45) is -2.72. The number of para-hydroxylation sites is 2. The van der Waals surface area contributed by atoms with Crippen LogP contribution in [0.3, 0.4) is 0 Å². The third-order valence-corrected chi connectivity index (χ3v) is 7.51. The van der Waals surface area contributed by atoms with Gasteiger partial charge in [0.05, 0.1) is 34.3 Å². The Hall–Kier alpha value is -3.72. The lowest BCUT2D eigenvalue weighted by molar-refractivity contribution is -0.104. The molecular weight excluding hydrogens is 434 g/mol. The number of benzene rings is 3. The monoisotopic (exact) mass is 455 g/mol. The van der Waals surface area contributed by atoms with Crippen LogP contribution in [0.2, 0.25) is 0 Å². The molecule has 1 aliphatic heterocycles. The zero-order chi connectivity index (χ0) is 23.3. The van der Waals surface area contributed by atoms with Crippen LogP contribution in [0.15, 0.2) is 48.5 Å². The van der Waals surface area contributed by atoms with Gasteiger partial charge in [0.15, 0.2) is 0 Å². The lowest BCUT2D eigenvalue weighted by Crippen LogP contribution is -2.47. The van der Waals surface area contributed by atoms with Gasteiger partial charge in [-0.2, -0.15) is 0 Å². The SMILES string of the molecule is O=C1NC(=O)c2c1c1c3ccccc3[nH]c1c1c2c2ccccc2n1C1CC[C@H](O)C(O)[C@H]1O. The maximum Gasteiger partial charge on any atom is 0.259 e. The number of amides is 2. The molecule has 3 heterocycles. The molecule has 8 nitrogen and oxygen atoms in total. The minimum Gasteiger partial charge on any atom is -0.390 e. The van der Waals surface area contributed by atoms with Crippen LogP contribution >= 0.6 is 0 Å². The molecule has 1 aliphatic carbocycles. The summed E-state index contributed by atoms with van der Waals surface area (Å²) in [4.78, 5) is 29.6. The van der Waals surface area contributed by atoms with Crippen LogP contribution in [0, 0.1) is 0 Å². The van der Waals surface area contributed by atoms with E-state index >= 15 is 0 Å². The zero-order valence-corrected chi connectivity index (χ0v) is 17.9. The van der Waals surface area contributed by atoms with Crippen molar-refractivity contribution in [1.29, 1.82) is 0 Å². The molecule has 1 fully saturated rings. The number of fused-ring (bicyclic) bond motifs is 10. The highest BCUT2D eigenvalue weighted by Gasteiger charge is 2.41. The van der Waals surface area contributed by atoms with Crippen molar-refractivity contribution in [2.45, 2.75) is 37.2 Å². The summed E-state index contributed by atoms with van der Waals surface area (Å²) in [5.41, 5.74) is 3.69. The van der Waals surface area contributed by atoms with E-state index in [9.17, 15) is 24.9 Å². The van der Waals surface area contributed by atoms with Gasteiger partial charge in [0, 0.05) is 32.6 Å². The molecule has 8 heteroatoms. The summed E-state index contributed by atoms with van der Waals surface area (Å²) in [6.45, 7) is 0. The summed E-state index contributed by atoms with van der Waals surface area (Å²) in [5.74, 6) is -0.871. The van der Waals surface area contributed by atoms with Crippen molar-refractivity contribution in [3.8, 4) is 0 Å². The van der Waals surface area contributed by atoms with Crippen LogP contribution < -0.4 is 5.32 Å². The Morgan fingerprint density at radius 2 is 1.47 bits per heavy atom. The van der Waals surface area contributed by atoms with Gasteiger partial charge in [-0.3, -0.25) is 14.9 Å². The molecule has 1 saturated carbocycles. The number of rotatable bonds is 1. The predicted octanol–water partition coefficient (Wildman–Crippen LogP) is 2.73. The third kappa shape index (κ3) is 2.32. The molecular formula is C26H21N3O5. The van der Waals surface area contributed by atoms with Gasteiger partial charge in [-0.05, 0) is 25.0 Å². The molecule has 2 unspecified atom stereocenters. The number of aliphatic hydroxyl groups is 3. The number of hydrogen-bond donors (Lipinski definition) is 5. The molecule has 0 radical (unpaired) electrons. The van der Waals surface area contributed by atoms with Crippen LogP contribution in [0.25, 0.3) is 43.6 Å². The van der Waals surface area contributed by atoms with Crippen LogP contribution in [0.1, 0.15) is 39.6 Å². The van der Waals surface area contributed by atoms with Gasteiger partial charge in [0.1, 0.15) is 12.2 Å². The summed E-state index contributed by atoms with van der Waals surface area (Å²) < 4.78 is 1.97. The summed E-state index contributed by atoms with van der Waals surface area (Å²) in [7, 11) is 0. The Kier molecular flexibility index (Phi) is 3.87. The summed E-state index contributed by atoms with van der Waals surface area (Å²) >= 11 is 0. The first-order chi connectivity index (χ1) is 16.5. The van der Waals surface area contributed by atoms with Gasteiger partial charge < -0.3 is 24.9 Å². The third-order valence-electron chi connectivity index (χ3n) is 7.51. The second kappa shape index (κ2) is 6.66. The fraction of sp³-hybridized carbons (Fsp3) is 0.231. The zero-order valence-electron chi connectivity index (χ0n) is 17.9. The van der Waals surface area contributed by atoms with Gasteiger partial charge in [-0.1, -0.05) is 36.4 Å². The van der Waals surface area contributed by atoms with Crippen molar-refractivity contribution >= 4 is 55.4 Å². The second-order valence-corrected chi connectivity index (χ2v) is 9.26. The maximum absolute atomic E-state index is 13.1. The molecule has 7 rings (SSSR count). The lowest BCUT2D eigenvalue weighted by atomic mass is 9.87. The number of aromatic nitrogens is 2. The lowest BCUT2D eigenvalue weighted by Gasteiger charge is -2.36.